The van der Waals surface area contributed by atoms with Crippen LogP contribution in [0.1, 0.15) is 27.0 Å². The van der Waals surface area contributed by atoms with Gasteiger partial charge in [-0.25, -0.2) is 12.8 Å². The maximum atomic E-state index is 13.6. The molecule has 0 atom stereocenters. The summed E-state index contributed by atoms with van der Waals surface area (Å²) in [6.07, 6.45) is 1.14. The van der Waals surface area contributed by atoms with E-state index in [1.165, 1.54) is 18.2 Å². The predicted octanol–water partition coefficient (Wildman–Crippen LogP) is 1.77. The minimum Gasteiger partial charge on any atom is -0.355 e. The van der Waals surface area contributed by atoms with E-state index in [1.54, 1.807) is 13.1 Å². The Bertz CT molecular complexity index is 1020. The third-order valence-electron chi connectivity index (χ3n) is 4.24. The van der Waals surface area contributed by atoms with E-state index in [-0.39, 0.29) is 18.2 Å². The second-order valence-electron chi connectivity index (χ2n) is 6.96. The van der Waals surface area contributed by atoms with Gasteiger partial charge in [0, 0.05) is 38.5 Å². The van der Waals surface area contributed by atoms with Crippen molar-refractivity contribution in [2.45, 2.75) is 19.2 Å². The average molecular weight is 435 g/mol. The van der Waals surface area contributed by atoms with Gasteiger partial charge in [0.25, 0.3) is 5.91 Å². The molecule has 0 aliphatic rings. The Hall–Kier alpha value is -2.94. The molecule has 0 saturated heterocycles. The second-order valence-corrected chi connectivity index (χ2v) is 9.10. The Morgan fingerprint density at radius 1 is 1.03 bits per heavy atom. The lowest BCUT2D eigenvalue weighted by atomic mass is 10.1. The zero-order chi connectivity index (χ0) is 22.1. The molecule has 0 bridgehead atoms. The molecule has 0 fully saturated rings. The molecule has 0 radical (unpaired) electrons. The number of benzene rings is 2. The molecule has 0 unspecified atom stereocenters. The topological polar surface area (TPSA) is 99.7 Å². The summed E-state index contributed by atoms with van der Waals surface area (Å²) >= 11 is 0. The van der Waals surface area contributed by atoms with Crippen LogP contribution < -0.4 is 16.0 Å². The van der Waals surface area contributed by atoms with Crippen molar-refractivity contribution < 1.29 is 17.6 Å². The van der Waals surface area contributed by atoms with Crippen LogP contribution in [0.3, 0.4) is 0 Å². The van der Waals surface area contributed by atoms with E-state index in [0.29, 0.717) is 35.7 Å². The highest BCUT2D eigenvalue weighted by atomic mass is 32.2. The Kier molecular flexibility index (Phi) is 8.35. The zero-order valence-corrected chi connectivity index (χ0v) is 18.1. The first-order valence-corrected chi connectivity index (χ1v) is 11.5. The van der Waals surface area contributed by atoms with Gasteiger partial charge in [-0.3, -0.25) is 9.79 Å². The standard InChI is InChI=1S/C21H27FN4O3S/c1-15-5-4-6-16(11-15)20(27)24-9-10-25-21(23-2)26-13-18-12-19(22)8-7-17(18)14-30(3,28)29/h4-8,11-12H,9-10,13-14H2,1-3H3,(H,24,27)(H2,23,25,26). The molecule has 2 aromatic rings. The van der Waals surface area contributed by atoms with Crippen LogP contribution in [0.25, 0.3) is 0 Å². The quantitative estimate of drug-likeness (QED) is 0.334. The SMILES string of the molecule is CN=C(NCCNC(=O)c1cccc(C)c1)NCc1cc(F)ccc1CS(C)(=O)=O. The molecule has 2 aromatic carbocycles. The lowest BCUT2D eigenvalue weighted by molar-refractivity contribution is 0.0954. The van der Waals surface area contributed by atoms with E-state index in [1.807, 2.05) is 25.1 Å². The molecule has 7 nitrogen and oxygen atoms in total. The molecule has 0 heterocycles. The smallest absolute Gasteiger partial charge is 0.251 e. The summed E-state index contributed by atoms with van der Waals surface area (Å²) in [7, 11) is -1.66. The van der Waals surface area contributed by atoms with Gasteiger partial charge in [0.05, 0.1) is 5.75 Å². The van der Waals surface area contributed by atoms with Crippen molar-refractivity contribution in [3.63, 3.8) is 0 Å². The van der Waals surface area contributed by atoms with Crippen molar-refractivity contribution in [3.8, 4) is 0 Å². The number of hydrogen-bond donors (Lipinski definition) is 3. The summed E-state index contributed by atoms with van der Waals surface area (Å²) < 4.78 is 36.8. The summed E-state index contributed by atoms with van der Waals surface area (Å²) in [5.74, 6) is -0.310. The van der Waals surface area contributed by atoms with Crippen LogP contribution in [0.2, 0.25) is 0 Å². The number of nitrogens with one attached hydrogen (secondary N) is 3. The Morgan fingerprint density at radius 2 is 1.77 bits per heavy atom. The fraction of sp³-hybridized carbons (Fsp3) is 0.333. The van der Waals surface area contributed by atoms with Gasteiger partial charge in [0.15, 0.2) is 15.8 Å². The molecule has 0 spiro atoms. The number of halogens is 1. The molecular formula is C21H27FN4O3S. The fourth-order valence-electron chi connectivity index (χ4n) is 2.83. The molecule has 2 rings (SSSR count). The molecule has 30 heavy (non-hydrogen) atoms. The monoisotopic (exact) mass is 434 g/mol. The summed E-state index contributed by atoms with van der Waals surface area (Å²) in [6.45, 7) is 2.94. The molecule has 0 aromatic heterocycles. The molecule has 0 aliphatic carbocycles. The van der Waals surface area contributed by atoms with E-state index in [2.05, 4.69) is 20.9 Å². The predicted molar refractivity (Wildman–Crippen MR) is 117 cm³/mol. The minimum atomic E-state index is -3.24. The van der Waals surface area contributed by atoms with Crippen LogP contribution in [0.4, 0.5) is 4.39 Å². The van der Waals surface area contributed by atoms with E-state index in [9.17, 15) is 17.6 Å². The first kappa shape index (κ1) is 23.3. The van der Waals surface area contributed by atoms with Gasteiger partial charge in [0.1, 0.15) is 5.82 Å². The highest BCUT2D eigenvalue weighted by Crippen LogP contribution is 2.14. The van der Waals surface area contributed by atoms with Gasteiger partial charge in [0.2, 0.25) is 0 Å². The summed E-state index contributed by atoms with van der Waals surface area (Å²) in [5, 5.41) is 8.90. The second kappa shape index (κ2) is 10.7. The first-order valence-electron chi connectivity index (χ1n) is 9.42. The number of carbonyl (C=O) groups excluding carboxylic acids is 1. The average Bonchev–Trinajstić information content (AvgIpc) is 2.68. The maximum absolute atomic E-state index is 13.6. The normalized spacial score (nSPS) is 11.8. The summed E-state index contributed by atoms with van der Waals surface area (Å²) in [4.78, 5) is 16.2. The van der Waals surface area contributed by atoms with Crippen LogP contribution in [0.15, 0.2) is 47.5 Å². The van der Waals surface area contributed by atoms with Crippen molar-refractivity contribution >= 4 is 21.7 Å². The third kappa shape index (κ3) is 7.82. The van der Waals surface area contributed by atoms with Crippen molar-refractivity contribution in [2.75, 3.05) is 26.4 Å². The largest absolute Gasteiger partial charge is 0.355 e. The van der Waals surface area contributed by atoms with Crippen molar-refractivity contribution in [3.05, 3.63) is 70.5 Å². The molecule has 1 amide bonds. The Labute approximate surface area is 176 Å². The van der Waals surface area contributed by atoms with Gasteiger partial charge in [-0.15, -0.1) is 0 Å². The first-order chi connectivity index (χ1) is 14.2. The molecule has 0 aliphatic heterocycles. The highest BCUT2D eigenvalue weighted by molar-refractivity contribution is 7.89. The Balaban J connectivity index is 1.85. The molecule has 162 valence electrons. The summed E-state index contributed by atoms with van der Waals surface area (Å²) in [6, 6.07) is 11.4. The van der Waals surface area contributed by atoms with Crippen molar-refractivity contribution in [1.29, 1.82) is 0 Å². The number of hydrogen-bond acceptors (Lipinski definition) is 4. The number of aliphatic imine (C=N–C) groups is 1. The van der Waals surface area contributed by atoms with E-state index in [4.69, 9.17) is 0 Å². The zero-order valence-electron chi connectivity index (χ0n) is 17.3. The summed E-state index contributed by atoms with van der Waals surface area (Å²) in [5.41, 5.74) is 2.68. The molecule has 0 saturated carbocycles. The number of aryl methyl sites for hydroxylation is 1. The van der Waals surface area contributed by atoms with E-state index in [0.717, 1.165) is 11.8 Å². The van der Waals surface area contributed by atoms with Gasteiger partial charge in [-0.05, 0) is 42.3 Å². The lowest BCUT2D eigenvalue weighted by Gasteiger charge is -2.14. The van der Waals surface area contributed by atoms with Crippen molar-refractivity contribution in [2.24, 2.45) is 4.99 Å². The van der Waals surface area contributed by atoms with Gasteiger partial charge in [-0.1, -0.05) is 23.8 Å². The van der Waals surface area contributed by atoms with Crippen LogP contribution in [-0.4, -0.2) is 46.7 Å². The number of amides is 1. The van der Waals surface area contributed by atoms with Crippen LogP contribution >= 0.6 is 0 Å². The number of nitrogens with zero attached hydrogens (tertiary/aromatic N) is 1. The fourth-order valence-corrected chi connectivity index (χ4v) is 3.67. The number of guanidine groups is 1. The number of sulfone groups is 1. The number of carbonyl (C=O) groups is 1. The molecule has 9 heteroatoms. The van der Waals surface area contributed by atoms with Crippen molar-refractivity contribution in [1.82, 2.24) is 16.0 Å². The van der Waals surface area contributed by atoms with Crippen LogP contribution in [0, 0.1) is 12.7 Å². The van der Waals surface area contributed by atoms with Gasteiger partial charge < -0.3 is 16.0 Å². The van der Waals surface area contributed by atoms with Crippen LogP contribution in [0.5, 0.6) is 0 Å². The molecule has 3 N–H and O–H groups in total. The molecular weight excluding hydrogens is 407 g/mol. The number of rotatable bonds is 8. The van der Waals surface area contributed by atoms with E-state index < -0.39 is 15.7 Å². The third-order valence-corrected chi connectivity index (χ3v) is 5.07. The minimum absolute atomic E-state index is 0.159. The maximum Gasteiger partial charge on any atom is 0.251 e. The highest BCUT2D eigenvalue weighted by Gasteiger charge is 2.11. The van der Waals surface area contributed by atoms with E-state index >= 15 is 0 Å². The Morgan fingerprint density at radius 3 is 2.43 bits per heavy atom. The van der Waals surface area contributed by atoms with Crippen LogP contribution in [-0.2, 0) is 22.1 Å². The lowest BCUT2D eigenvalue weighted by Crippen LogP contribution is -2.41. The van der Waals surface area contributed by atoms with Gasteiger partial charge in [-0.2, -0.15) is 0 Å². The van der Waals surface area contributed by atoms with Gasteiger partial charge >= 0.3 is 0 Å².